The number of nitrogens with zero attached hydrogens (tertiary/aromatic N) is 1. The second-order valence-electron chi connectivity index (χ2n) is 7.26. The van der Waals surface area contributed by atoms with Gasteiger partial charge >= 0.3 is 11.9 Å². The molecule has 31 heavy (non-hydrogen) atoms. The van der Waals surface area contributed by atoms with Gasteiger partial charge in [0, 0.05) is 51.9 Å². The Morgan fingerprint density at radius 2 is 1.61 bits per heavy atom. The normalized spacial score (nSPS) is 14.2. The molecule has 0 radical (unpaired) electrons. The Balaban J connectivity index is 1.68. The molecule has 5 rings (SSSR count). The number of aliphatic hydroxyl groups excluding tert-OH is 1. The fourth-order valence-electron chi connectivity index (χ4n) is 4.12. The quantitative estimate of drug-likeness (QED) is 0.274. The number of aromatic nitrogens is 2. The molecule has 2 aromatic carbocycles. The minimum atomic E-state index is -0.648. The summed E-state index contributed by atoms with van der Waals surface area (Å²) in [5.41, 5.74) is 3.62. The van der Waals surface area contributed by atoms with E-state index in [-0.39, 0.29) is 24.4 Å². The summed E-state index contributed by atoms with van der Waals surface area (Å²) >= 11 is 0. The highest BCUT2D eigenvalue weighted by molar-refractivity contribution is 6.46. The lowest BCUT2D eigenvalue weighted by atomic mass is 9.95. The van der Waals surface area contributed by atoms with E-state index in [0.717, 1.165) is 21.8 Å². The Kier molecular flexibility index (Phi) is 4.89. The van der Waals surface area contributed by atoms with Crippen molar-refractivity contribution in [2.75, 3.05) is 19.8 Å². The number of aliphatic hydroxyl groups is 1. The molecule has 0 aliphatic carbocycles. The molecule has 2 aromatic heterocycles. The van der Waals surface area contributed by atoms with Gasteiger partial charge in [0.2, 0.25) is 0 Å². The largest absolute Gasteiger partial charge is 0.394 e. The average Bonchev–Trinajstić information content (AvgIpc) is 3.44. The maximum Gasteiger partial charge on any atom is 0.347 e. The number of hydrogen-bond donors (Lipinski definition) is 2. The van der Waals surface area contributed by atoms with Crippen molar-refractivity contribution in [2.24, 2.45) is 0 Å². The molecule has 0 saturated heterocycles. The third-order valence-corrected chi connectivity index (χ3v) is 5.47. The molecule has 7 heteroatoms. The number of nitrogens with one attached hydrogen (secondary N) is 1. The van der Waals surface area contributed by atoms with E-state index in [0.29, 0.717) is 24.3 Å². The van der Waals surface area contributed by atoms with E-state index in [1.165, 1.54) is 0 Å². The summed E-state index contributed by atoms with van der Waals surface area (Å²) in [4.78, 5) is 28.7. The summed E-state index contributed by atoms with van der Waals surface area (Å²) in [5.74, 6) is -1.29. The molecule has 0 amide bonds. The third kappa shape index (κ3) is 3.24. The maximum absolute atomic E-state index is 12.8. The van der Waals surface area contributed by atoms with Crippen LogP contribution in [0.2, 0.25) is 0 Å². The average molecular weight is 416 g/mol. The van der Waals surface area contributed by atoms with Gasteiger partial charge in [0.1, 0.15) is 0 Å². The van der Waals surface area contributed by atoms with Crippen LogP contribution in [0.25, 0.3) is 33.0 Å². The van der Waals surface area contributed by atoms with Crippen molar-refractivity contribution in [3.8, 4) is 0 Å². The van der Waals surface area contributed by atoms with Crippen LogP contribution in [0, 0.1) is 0 Å². The molecular formula is C24H20N2O5. The van der Waals surface area contributed by atoms with Crippen LogP contribution in [0.5, 0.6) is 0 Å². The summed E-state index contributed by atoms with van der Waals surface area (Å²) in [6, 6.07) is 15.3. The lowest BCUT2D eigenvalue weighted by Crippen LogP contribution is -2.07. The Morgan fingerprint density at radius 1 is 0.903 bits per heavy atom. The number of rotatable bonds is 7. The van der Waals surface area contributed by atoms with Crippen molar-refractivity contribution in [1.29, 1.82) is 0 Å². The predicted molar refractivity (Wildman–Crippen MR) is 116 cm³/mol. The van der Waals surface area contributed by atoms with E-state index in [1.807, 2.05) is 59.3 Å². The van der Waals surface area contributed by atoms with E-state index in [2.05, 4.69) is 4.98 Å². The lowest BCUT2D eigenvalue weighted by molar-refractivity contribution is -0.149. The van der Waals surface area contributed by atoms with Gasteiger partial charge in [0.15, 0.2) is 0 Å². The zero-order chi connectivity index (χ0) is 21.4. The number of carbonyl (C=O) groups excluding carboxylic acids is 2. The molecule has 0 unspecified atom stereocenters. The number of cyclic esters (lactones) is 2. The number of fused-ring (bicyclic) bond motifs is 2. The monoisotopic (exact) mass is 416 g/mol. The number of hydrogen-bond acceptors (Lipinski definition) is 5. The van der Waals surface area contributed by atoms with Crippen LogP contribution in [0.3, 0.4) is 0 Å². The first-order valence-corrected chi connectivity index (χ1v) is 10.0. The van der Waals surface area contributed by atoms with E-state index in [4.69, 9.17) is 14.6 Å². The molecule has 0 atom stereocenters. The van der Waals surface area contributed by atoms with Gasteiger partial charge < -0.3 is 24.1 Å². The molecule has 2 N–H and O–H groups in total. The van der Waals surface area contributed by atoms with Crippen molar-refractivity contribution in [1.82, 2.24) is 9.55 Å². The minimum absolute atomic E-state index is 0.0352. The van der Waals surface area contributed by atoms with Gasteiger partial charge in [-0.2, -0.15) is 0 Å². The van der Waals surface area contributed by atoms with Crippen molar-refractivity contribution >= 4 is 44.9 Å². The highest BCUT2D eigenvalue weighted by atomic mass is 16.6. The summed E-state index contributed by atoms with van der Waals surface area (Å²) in [6.45, 7) is 1.19. The van der Waals surface area contributed by atoms with Gasteiger partial charge in [-0.05, 0) is 12.1 Å². The Morgan fingerprint density at radius 3 is 2.42 bits per heavy atom. The molecule has 0 fully saturated rings. The molecule has 7 nitrogen and oxygen atoms in total. The molecule has 0 bridgehead atoms. The minimum Gasteiger partial charge on any atom is -0.394 e. The Labute approximate surface area is 177 Å². The topological polar surface area (TPSA) is 93.6 Å². The van der Waals surface area contributed by atoms with Gasteiger partial charge in [0.05, 0.1) is 31.0 Å². The molecule has 1 aliphatic heterocycles. The fourth-order valence-corrected chi connectivity index (χ4v) is 4.12. The summed E-state index contributed by atoms with van der Waals surface area (Å²) < 4.78 is 12.4. The van der Waals surface area contributed by atoms with Crippen molar-refractivity contribution in [3.05, 3.63) is 72.1 Å². The van der Waals surface area contributed by atoms with Crippen molar-refractivity contribution in [3.63, 3.8) is 0 Å². The van der Waals surface area contributed by atoms with Crippen LogP contribution in [-0.4, -0.2) is 46.4 Å². The Bertz CT molecular complexity index is 1340. The van der Waals surface area contributed by atoms with Gasteiger partial charge in [-0.1, -0.05) is 36.4 Å². The highest BCUT2D eigenvalue weighted by Crippen LogP contribution is 2.40. The predicted octanol–water partition coefficient (Wildman–Crippen LogP) is 3.13. The molecular weight excluding hydrogens is 396 g/mol. The molecule has 156 valence electrons. The second kappa shape index (κ2) is 7.86. The van der Waals surface area contributed by atoms with Crippen LogP contribution in [0.4, 0.5) is 0 Å². The molecule has 0 saturated carbocycles. The van der Waals surface area contributed by atoms with E-state index in [9.17, 15) is 9.59 Å². The van der Waals surface area contributed by atoms with Crippen LogP contribution in [0.1, 0.15) is 11.1 Å². The number of aromatic amines is 1. The zero-order valence-electron chi connectivity index (χ0n) is 16.6. The second-order valence-corrected chi connectivity index (χ2v) is 7.26. The smallest absolute Gasteiger partial charge is 0.347 e. The summed E-state index contributed by atoms with van der Waals surface area (Å²) in [5, 5.41) is 10.6. The standard InChI is InChI=1S/C24H20N2O5/c27-10-12-30-11-9-26-14-18(16-6-2-4-8-20(16)26)22-21(23(28)31-24(22)29)17-13-25-19-7-3-1-5-15(17)19/h1-8,13-14,25,27H,9-12H2. The summed E-state index contributed by atoms with van der Waals surface area (Å²) in [7, 11) is 0. The number of H-pyrrole nitrogens is 1. The van der Waals surface area contributed by atoms with E-state index in [1.54, 1.807) is 6.20 Å². The van der Waals surface area contributed by atoms with Crippen LogP contribution in [0.15, 0.2) is 60.9 Å². The first-order valence-electron chi connectivity index (χ1n) is 10.0. The van der Waals surface area contributed by atoms with E-state index < -0.39 is 11.9 Å². The van der Waals surface area contributed by atoms with Gasteiger partial charge in [0.25, 0.3) is 0 Å². The van der Waals surface area contributed by atoms with Crippen molar-refractivity contribution < 1.29 is 24.2 Å². The van der Waals surface area contributed by atoms with Gasteiger partial charge in [-0.25, -0.2) is 9.59 Å². The van der Waals surface area contributed by atoms with Crippen LogP contribution in [-0.2, 0) is 25.6 Å². The molecule has 3 heterocycles. The zero-order valence-corrected chi connectivity index (χ0v) is 16.6. The number of para-hydroxylation sites is 2. The SMILES string of the molecule is O=C1OC(=O)C(c2cn(CCOCCO)c3ccccc23)=C1c1c[nH]c2ccccc12. The van der Waals surface area contributed by atoms with E-state index >= 15 is 0 Å². The highest BCUT2D eigenvalue weighted by Gasteiger charge is 2.37. The molecule has 4 aromatic rings. The summed E-state index contributed by atoms with van der Waals surface area (Å²) in [6.07, 6.45) is 3.60. The van der Waals surface area contributed by atoms with Crippen molar-refractivity contribution in [2.45, 2.75) is 6.54 Å². The van der Waals surface area contributed by atoms with Gasteiger partial charge in [-0.15, -0.1) is 0 Å². The number of benzene rings is 2. The number of esters is 2. The molecule has 1 aliphatic rings. The van der Waals surface area contributed by atoms with Gasteiger partial charge in [-0.3, -0.25) is 0 Å². The lowest BCUT2D eigenvalue weighted by Gasteiger charge is -2.05. The van der Waals surface area contributed by atoms with Crippen LogP contribution < -0.4 is 0 Å². The molecule has 0 spiro atoms. The first-order chi connectivity index (χ1) is 15.2. The third-order valence-electron chi connectivity index (χ3n) is 5.47. The fraction of sp³-hybridized carbons (Fsp3) is 0.167. The first kappa shape index (κ1) is 19.3. The van der Waals surface area contributed by atoms with Crippen LogP contribution >= 0.6 is 0 Å². The number of ether oxygens (including phenoxy) is 2. The Hall–Kier alpha value is -3.68. The number of carbonyl (C=O) groups is 2. The maximum atomic E-state index is 12.8.